The standard InChI is InChI=1S/C7H5ClF2O2/c1-12-7-3(8)2-4(11)5(9)6(7)10/h2,11H,1H3. The van der Waals surface area contributed by atoms with Gasteiger partial charge in [0.1, 0.15) is 0 Å². The predicted octanol–water partition coefficient (Wildman–Crippen LogP) is 2.33. The molecular weight excluding hydrogens is 190 g/mol. The lowest BCUT2D eigenvalue weighted by molar-refractivity contribution is 0.355. The molecule has 0 radical (unpaired) electrons. The number of hydrogen-bond donors (Lipinski definition) is 1. The first-order valence-corrected chi connectivity index (χ1v) is 3.36. The SMILES string of the molecule is COc1c(Cl)cc(O)c(F)c1F. The van der Waals surface area contributed by atoms with E-state index in [4.69, 9.17) is 16.7 Å². The molecule has 5 heteroatoms. The van der Waals surface area contributed by atoms with Crippen molar-refractivity contribution in [2.24, 2.45) is 0 Å². The smallest absolute Gasteiger partial charge is 0.206 e. The number of benzene rings is 1. The van der Waals surface area contributed by atoms with Crippen molar-refractivity contribution in [3.63, 3.8) is 0 Å². The molecule has 0 fully saturated rings. The molecule has 0 atom stereocenters. The summed E-state index contributed by atoms with van der Waals surface area (Å²) in [4.78, 5) is 0. The van der Waals surface area contributed by atoms with Crippen LogP contribution in [0.5, 0.6) is 11.5 Å². The molecule has 0 heterocycles. The van der Waals surface area contributed by atoms with Crippen LogP contribution in [-0.2, 0) is 0 Å². The van der Waals surface area contributed by atoms with Gasteiger partial charge in [-0.1, -0.05) is 11.6 Å². The zero-order chi connectivity index (χ0) is 9.30. The minimum absolute atomic E-state index is 0.172. The van der Waals surface area contributed by atoms with Crippen LogP contribution in [0.1, 0.15) is 0 Å². The van der Waals surface area contributed by atoms with Crippen LogP contribution in [0.4, 0.5) is 8.78 Å². The molecule has 2 nitrogen and oxygen atoms in total. The largest absolute Gasteiger partial charge is 0.505 e. The van der Waals surface area contributed by atoms with Gasteiger partial charge in [-0.2, -0.15) is 8.78 Å². The Balaban J connectivity index is 3.40. The van der Waals surface area contributed by atoms with Crippen LogP contribution >= 0.6 is 11.6 Å². The lowest BCUT2D eigenvalue weighted by Crippen LogP contribution is -1.93. The predicted molar refractivity (Wildman–Crippen MR) is 39.6 cm³/mol. The summed E-state index contributed by atoms with van der Waals surface area (Å²) in [6.45, 7) is 0. The lowest BCUT2D eigenvalue weighted by atomic mass is 10.3. The summed E-state index contributed by atoms with van der Waals surface area (Å²) >= 11 is 5.42. The summed E-state index contributed by atoms with van der Waals surface area (Å²) in [5.74, 6) is -3.90. The fourth-order valence-corrected chi connectivity index (χ4v) is 1.02. The van der Waals surface area contributed by atoms with Gasteiger partial charge in [-0.25, -0.2) is 0 Å². The Labute approximate surface area is 72.3 Å². The molecule has 12 heavy (non-hydrogen) atoms. The molecule has 0 aliphatic carbocycles. The highest BCUT2D eigenvalue weighted by Gasteiger charge is 2.17. The van der Waals surface area contributed by atoms with E-state index in [0.717, 1.165) is 13.2 Å². The Hall–Kier alpha value is -1.03. The first kappa shape index (κ1) is 9.06. The van der Waals surface area contributed by atoms with Crippen LogP contribution in [0.2, 0.25) is 5.02 Å². The number of aromatic hydroxyl groups is 1. The fraction of sp³-hybridized carbons (Fsp3) is 0.143. The van der Waals surface area contributed by atoms with E-state index in [1.54, 1.807) is 0 Å². The first-order valence-electron chi connectivity index (χ1n) is 2.98. The number of phenolic OH excluding ortho intramolecular Hbond substituents is 1. The monoisotopic (exact) mass is 194 g/mol. The molecule has 1 N–H and O–H groups in total. The Morgan fingerprint density at radius 3 is 2.50 bits per heavy atom. The van der Waals surface area contributed by atoms with E-state index in [0.29, 0.717) is 0 Å². The van der Waals surface area contributed by atoms with E-state index in [1.807, 2.05) is 0 Å². The molecule has 0 saturated heterocycles. The molecule has 0 aliphatic heterocycles. The van der Waals surface area contributed by atoms with E-state index in [1.165, 1.54) is 0 Å². The minimum atomic E-state index is -1.36. The third kappa shape index (κ3) is 1.30. The molecule has 0 spiro atoms. The molecule has 1 aromatic carbocycles. The van der Waals surface area contributed by atoms with Gasteiger partial charge in [-0.3, -0.25) is 0 Å². The maximum Gasteiger partial charge on any atom is 0.206 e. The Kier molecular flexibility index (Phi) is 2.38. The highest BCUT2D eigenvalue weighted by atomic mass is 35.5. The topological polar surface area (TPSA) is 29.5 Å². The molecule has 1 rings (SSSR count). The molecule has 0 aliphatic rings. The van der Waals surface area contributed by atoms with Crippen LogP contribution in [0, 0.1) is 11.6 Å². The molecule has 0 amide bonds. The number of methoxy groups -OCH3 is 1. The third-order valence-corrected chi connectivity index (χ3v) is 1.58. The van der Waals surface area contributed by atoms with Gasteiger partial charge in [-0.15, -0.1) is 0 Å². The van der Waals surface area contributed by atoms with E-state index in [2.05, 4.69) is 4.74 Å². The number of hydrogen-bond acceptors (Lipinski definition) is 2. The van der Waals surface area contributed by atoms with Gasteiger partial charge in [0.2, 0.25) is 11.6 Å². The number of rotatable bonds is 1. The van der Waals surface area contributed by atoms with Crippen LogP contribution in [-0.4, -0.2) is 12.2 Å². The van der Waals surface area contributed by atoms with Gasteiger partial charge in [0, 0.05) is 6.07 Å². The fourth-order valence-electron chi connectivity index (χ4n) is 0.753. The van der Waals surface area contributed by atoms with E-state index < -0.39 is 23.1 Å². The van der Waals surface area contributed by atoms with Gasteiger partial charge in [0.05, 0.1) is 12.1 Å². The molecule has 0 saturated carbocycles. The molecule has 0 unspecified atom stereocenters. The summed E-state index contributed by atoms with van der Waals surface area (Å²) in [6, 6.07) is 0.874. The van der Waals surface area contributed by atoms with Gasteiger partial charge in [0.15, 0.2) is 11.5 Å². The van der Waals surface area contributed by atoms with Crippen LogP contribution in [0.25, 0.3) is 0 Å². The first-order chi connectivity index (χ1) is 5.57. The van der Waals surface area contributed by atoms with Crippen LogP contribution < -0.4 is 4.74 Å². The van der Waals surface area contributed by atoms with Crippen molar-refractivity contribution in [1.82, 2.24) is 0 Å². The minimum Gasteiger partial charge on any atom is -0.505 e. The average Bonchev–Trinajstić information content (AvgIpc) is 2.01. The van der Waals surface area contributed by atoms with Crippen molar-refractivity contribution in [2.75, 3.05) is 7.11 Å². The summed E-state index contributed by atoms with van der Waals surface area (Å²) in [5.41, 5.74) is 0. The maximum atomic E-state index is 12.8. The van der Waals surface area contributed by atoms with Gasteiger partial charge < -0.3 is 9.84 Å². The van der Waals surface area contributed by atoms with Gasteiger partial charge in [-0.05, 0) is 0 Å². The van der Waals surface area contributed by atoms with E-state index in [-0.39, 0.29) is 5.02 Å². The normalized spacial score (nSPS) is 10.0. The molecule has 0 aromatic heterocycles. The van der Waals surface area contributed by atoms with Crippen molar-refractivity contribution < 1.29 is 18.6 Å². The Bertz CT molecular complexity index is 315. The molecule has 0 bridgehead atoms. The van der Waals surface area contributed by atoms with Crippen molar-refractivity contribution in [3.05, 3.63) is 22.7 Å². The summed E-state index contributed by atoms with van der Waals surface area (Å²) in [6.07, 6.45) is 0. The summed E-state index contributed by atoms with van der Waals surface area (Å²) in [7, 11) is 1.15. The highest BCUT2D eigenvalue weighted by molar-refractivity contribution is 6.32. The second kappa shape index (κ2) is 3.15. The summed E-state index contributed by atoms with van der Waals surface area (Å²) < 4.78 is 29.8. The zero-order valence-electron chi connectivity index (χ0n) is 6.07. The van der Waals surface area contributed by atoms with E-state index >= 15 is 0 Å². The summed E-state index contributed by atoms with van der Waals surface area (Å²) in [5, 5.41) is 8.57. The average molecular weight is 195 g/mol. The lowest BCUT2D eigenvalue weighted by Gasteiger charge is -2.05. The quantitative estimate of drug-likeness (QED) is 0.696. The van der Waals surface area contributed by atoms with E-state index in [9.17, 15) is 8.78 Å². The maximum absolute atomic E-state index is 12.8. The van der Waals surface area contributed by atoms with Crippen molar-refractivity contribution >= 4 is 11.6 Å². The second-order valence-electron chi connectivity index (χ2n) is 2.04. The van der Waals surface area contributed by atoms with Crippen molar-refractivity contribution in [2.45, 2.75) is 0 Å². The second-order valence-corrected chi connectivity index (χ2v) is 2.45. The van der Waals surface area contributed by atoms with Crippen LogP contribution in [0.15, 0.2) is 6.07 Å². The Morgan fingerprint density at radius 2 is 2.00 bits per heavy atom. The van der Waals surface area contributed by atoms with Crippen molar-refractivity contribution in [1.29, 1.82) is 0 Å². The van der Waals surface area contributed by atoms with Crippen molar-refractivity contribution in [3.8, 4) is 11.5 Å². The molecule has 66 valence electrons. The number of halogens is 3. The molecule has 1 aromatic rings. The van der Waals surface area contributed by atoms with Gasteiger partial charge >= 0.3 is 0 Å². The van der Waals surface area contributed by atoms with Gasteiger partial charge in [0.25, 0.3) is 0 Å². The number of ether oxygens (including phenoxy) is 1. The third-order valence-electron chi connectivity index (χ3n) is 1.30. The zero-order valence-corrected chi connectivity index (χ0v) is 6.82. The van der Waals surface area contributed by atoms with Crippen LogP contribution in [0.3, 0.4) is 0 Å². The number of phenols is 1. The Morgan fingerprint density at radius 1 is 1.42 bits per heavy atom. The highest BCUT2D eigenvalue weighted by Crippen LogP contribution is 2.34. The molecular formula is C7H5ClF2O2.